The predicted octanol–water partition coefficient (Wildman–Crippen LogP) is 5.97. The van der Waals surface area contributed by atoms with Crippen LogP contribution in [0.1, 0.15) is 90.9 Å². The van der Waals surface area contributed by atoms with Gasteiger partial charge in [-0.1, -0.05) is 77.0 Å². The number of hydrogen-bond donors (Lipinski definition) is 0. The summed E-state index contributed by atoms with van der Waals surface area (Å²) in [5, 5.41) is 0. The summed E-state index contributed by atoms with van der Waals surface area (Å²) >= 11 is 0. The lowest BCUT2D eigenvalue weighted by molar-refractivity contribution is 0.162. The van der Waals surface area contributed by atoms with Crippen LogP contribution >= 0.6 is 0 Å². The molecule has 0 aromatic heterocycles. The van der Waals surface area contributed by atoms with Crippen LogP contribution in [0.15, 0.2) is 0 Å². The van der Waals surface area contributed by atoms with E-state index in [1.165, 1.54) is 51.4 Å². The molecular weight excluding hydrogens is 232 g/mol. The molecule has 0 saturated heterocycles. The van der Waals surface area contributed by atoms with Crippen molar-refractivity contribution in [2.24, 2.45) is 11.8 Å². The molecule has 0 aliphatic heterocycles. The van der Waals surface area contributed by atoms with Gasteiger partial charge in [-0.2, -0.15) is 0 Å². The molecule has 0 heterocycles. The van der Waals surface area contributed by atoms with E-state index in [0.29, 0.717) is 0 Å². The van der Waals surface area contributed by atoms with Gasteiger partial charge in [0, 0.05) is 13.2 Å². The molecule has 2 rings (SSSR count). The Morgan fingerprint density at radius 2 is 0.895 bits per heavy atom. The molecule has 0 radical (unpaired) electrons. The molecule has 1 heteroatoms. The topological polar surface area (TPSA) is 9.23 Å². The molecule has 0 spiro atoms. The van der Waals surface area contributed by atoms with Gasteiger partial charge >= 0.3 is 0 Å². The first-order valence-corrected chi connectivity index (χ1v) is 8.96. The Labute approximate surface area is 121 Å². The molecule has 0 aromatic carbocycles. The number of rotatable bonds is 3. The van der Waals surface area contributed by atoms with Crippen molar-refractivity contribution in [1.29, 1.82) is 0 Å². The highest BCUT2D eigenvalue weighted by Gasteiger charge is 2.23. The SMILES string of the molecule is C1CCCC(C2CCCCCC2)CC1.CCOCC. The largest absolute Gasteiger partial charge is 0.382 e. The smallest absolute Gasteiger partial charge is 0.0437 e. The fraction of sp³-hybridized carbons (Fsp3) is 1.00. The van der Waals surface area contributed by atoms with Crippen molar-refractivity contribution in [1.82, 2.24) is 0 Å². The molecule has 0 amide bonds. The van der Waals surface area contributed by atoms with Gasteiger partial charge < -0.3 is 4.74 Å². The van der Waals surface area contributed by atoms with Crippen molar-refractivity contribution in [3.05, 3.63) is 0 Å². The second-order valence-electron chi connectivity index (χ2n) is 6.28. The lowest BCUT2D eigenvalue weighted by Crippen LogP contribution is -2.13. The summed E-state index contributed by atoms with van der Waals surface area (Å²) in [4.78, 5) is 0. The number of ether oxygens (including phenoxy) is 1. The maximum absolute atomic E-state index is 4.83. The van der Waals surface area contributed by atoms with Crippen LogP contribution in [0.2, 0.25) is 0 Å². The van der Waals surface area contributed by atoms with Gasteiger partial charge in [0.05, 0.1) is 0 Å². The van der Waals surface area contributed by atoms with E-state index in [4.69, 9.17) is 4.74 Å². The quantitative estimate of drug-likeness (QED) is 0.573. The van der Waals surface area contributed by atoms with E-state index in [-0.39, 0.29) is 0 Å². The average molecular weight is 268 g/mol. The lowest BCUT2D eigenvalue weighted by atomic mass is 9.81. The summed E-state index contributed by atoms with van der Waals surface area (Å²) in [6, 6.07) is 0. The van der Waals surface area contributed by atoms with Gasteiger partial charge in [0.15, 0.2) is 0 Å². The molecule has 0 aromatic rings. The van der Waals surface area contributed by atoms with Gasteiger partial charge in [-0.3, -0.25) is 0 Å². The van der Waals surface area contributed by atoms with Gasteiger partial charge in [0.1, 0.15) is 0 Å². The zero-order valence-electron chi connectivity index (χ0n) is 13.5. The van der Waals surface area contributed by atoms with E-state index in [0.717, 1.165) is 25.0 Å². The first kappa shape index (κ1) is 17.0. The molecule has 1 nitrogen and oxygen atoms in total. The minimum atomic E-state index is 0.844. The molecule has 2 saturated carbocycles. The molecule has 2 aliphatic rings. The summed E-state index contributed by atoms with van der Waals surface area (Å²) in [5.74, 6) is 2.24. The Kier molecular flexibility index (Phi) is 10.5. The first-order chi connectivity index (χ1) is 9.38. The highest BCUT2D eigenvalue weighted by Crippen LogP contribution is 2.36. The van der Waals surface area contributed by atoms with Gasteiger partial charge in [0.25, 0.3) is 0 Å². The molecule has 0 atom stereocenters. The standard InChI is InChI=1S/C14H26.C4H10O/c1-2-6-10-13(9-5-1)14-11-7-3-4-8-12-14;1-3-5-4-2/h13-14H,1-12H2;3-4H2,1-2H3. The molecular formula is C18H36O. The van der Waals surface area contributed by atoms with E-state index in [1.54, 1.807) is 25.7 Å². The minimum absolute atomic E-state index is 0.844. The van der Waals surface area contributed by atoms with Gasteiger partial charge in [0.2, 0.25) is 0 Å². The Morgan fingerprint density at radius 3 is 1.11 bits per heavy atom. The average Bonchev–Trinajstić information content (AvgIpc) is 2.85. The van der Waals surface area contributed by atoms with Crippen LogP contribution in [0.4, 0.5) is 0 Å². The third kappa shape index (κ3) is 7.97. The van der Waals surface area contributed by atoms with Crippen molar-refractivity contribution in [2.75, 3.05) is 13.2 Å². The van der Waals surface area contributed by atoms with Crippen molar-refractivity contribution in [2.45, 2.75) is 90.9 Å². The third-order valence-corrected chi connectivity index (χ3v) is 4.87. The summed E-state index contributed by atoms with van der Waals surface area (Å²) in [6.45, 7) is 5.67. The summed E-state index contributed by atoms with van der Waals surface area (Å²) < 4.78 is 4.83. The predicted molar refractivity (Wildman–Crippen MR) is 84.6 cm³/mol. The van der Waals surface area contributed by atoms with Crippen LogP contribution in [0.3, 0.4) is 0 Å². The monoisotopic (exact) mass is 268 g/mol. The van der Waals surface area contributed by atoms with E-state index in [2.05, 4.69) is 0 Å². The zero-order chi connectivity index (χ0) is 13.8. The highest BCUT2D eigenvalue weighted by atomic mass is 16.5. The van der Waals surface area contributed by atoms with Crippen LogP contribution < -0.4 is 0 Å². The van der Waals surface area contributed by atoms with Crippen LogP contribution in [0.25, 0.3) is 0 Å². The number of hydrogen-bond acceptors (Lipinski definition) is 1. The van der Waals surface area contributed by atoms with Crippen LogP contribution in [-0.2, 0) is 4.74 Å². The third-order valence-electron chi connectivity index (χ3n) is 4.87. The molecule has 19 heavy (non-hydrogen) atoms. The first-order valence-electron chi connectivity index (χ1n) is 8.96. The summed E-state index contributed by atoms with van der Waals surface area (Å²) in [5.41, 5.74) is 0. The van der Waals surface area contributed by atoms with Crippen molar-refractivity contribution < 1.29 is 4.74 Å². The lowest BCUT2D eigenvalue weighted by Gasteiger charge is -2.24. The fourth-order valence-electron chi connectivity index (χ4n) is 3.77. The zero-order valence-corrected chi connectivity index (χ0v) is 13.5. The highest BCUT2D eigenvalue weighted by molar-refractivity contribution is 4.75. The second-order valence-corrected chi connectivity index (χ2v) is 6.28. The van der Waals surface area contributed by atoms with E-state index in [1.807, 2.05) is 13.8 Å². The van der Waals surface area contributed by atoms with Crippen molar-refractivity contribution in [3.8, 4) is 0 Å². The maximum atomic E-state index is 4.83. The summed E-state index contributed by atoms with van der Waals surface area (Å²) in [6.07, 6.45) is 18.4. The molecule has 0 bridgehead atoms. The van der Waals surface area contributed by atoms with Gasteiger partial charge in [-0.15, -0.1) is 0 Å². The Bertz CT molecular complexity index is 154. The fourth-order valence-corrected chi connectivity index (χ4v) is 3.77. The summed E-state index contributed by atoms with van der Waals surface area (Å²) in [7, 11) is 0. The Balaban J connectivity index is 0.000000312. The van der Waals surface area contributed by atoms with E-state index < -0.39 is 0 Å². The maximum Gasteiger partial charge on any atom is 0.0437 e. The van der Waals surface area contributed by atoms with Crippen LogP contribution in [0.5, 0.6) is 0 Å². The van der Waals surface area contributed by atoms with Gasteiger partial charge in [-0.25, -0.2) is 0 Å². The Hall–Kier alpha value is -0.0400. The van der Waals surface area contributed by atoms with Crippen molar-refractivity contribution >= 4 is 0 Å². The molecule has 114 valence electrons. The van der Waals surface area contributed by atoms with Crippen LogP contribution in [0, 0.1) is 11.8 Å². The van der Waals surface area contributed by atoms with E-state index >= 15 is 0 Å². The minimum Gasteiger partial charge on any atom is -0.382 e. The molecule has 0 unspecified atom stereocenters. The second kappa shape index (κ2) is 11.8. The molecule has 2 fully saturated rings. The van der Waals surface area contributed by atoms with E-state index in [9.17, 15) is 0 Å². The normalized spacial score (nSPS) is 23.1. The molecule has 2 aliphatic carbocycles. The van der Waals surface area contributed by atoms with Crippen LogP contribution in [-0.4, -0.2) is 13.2 Å². The molecule has 0 N–H and O–H groups in total. The van der Waals surface area contributed by atoms with Crippen molar-refractivity contribution in [3.63, 3.8) is 0 Å². The van der Waals surface area contributed by atoms with Gasteiger partial charge in [-0.05, 0) is 25.7 Å². The Morgan fingerprint density at radius 1 is 0.579 bits per heavy atom.